The van der Waals surface area contributed by atoms with E-state index >= 15 is 0 Å². The Morgan fingerprint density at radius 2 is 2.00 bits per heavy atom. The lowest BCUT2D eigenvalue weighted by molar-refractivity contribution is 0.233. The minimum atomic E-state index is 0.107. The molecule has 25 heavy (non-hydrogen) atoms. The molecule has 1 heterocycles. The zero-order chi connectivity index (χ0) is 17.6. The highest BCUT2D eigenvalue weighted by Crippen LogP contribution is 2.39. The highest BCUT2D eigenvalue weighted by atomic mass is 79.9. The third-order valence-corrected chi connectivity index (χ3v) is 5.46. The first kappa shape index (κ1) is 18.7. The molecule has 0 bridgehead atoms. The maximum Gasteiger partial charge on any atom is 0.124 e. The first-order chi connectivity index (χ1) is 12.2. The summed E-state index contributed by atoms with van der Waals surface area (Å²) in [5, 5.41) is 4.23. The molecule has 134 valence electrons. The fourth-order valence-electron chi connectivity index (χ4n) is 3.40. The first-order valence-corrected chi connectivity index (χ1v) is 9.99. The van der Waals surface area contributed by atoms with E-state index in [4.69, 9.17) is 16.3 Å². The molecule has 0 radical (unpaired) electrons. The largest absolute Gasteiger partial charge is 0.494 e. The molecule has 1 aliphatic heterocycles. The molecule has 2 aromatic carbocycles. The molecule has 2 aromatic rings. The fraction of sp³-hybridized carbons (Fsp3) is 0.400. The summed E-state index contributed by atoms with van der Waals surface area (Å²) in [7, 11) is 0. The Labute approximate surface area is 163 Å². The van der Waals surface area contributed by atoms with Crippen molar-refractivity contribution >= 4 is 27.5 Å². The molecule has 1 saturated heterocycles. The van der Waals surface area contributed by atoms with E-state index in [0.717, 1.165) is 53.4 Å². The van der Waals surface area contributed by atoms with Crippen LogP contribution in [0.15, 0.2) is 46.9 Å². The van der Waals surface area contributed by atoms with Crippen molar-refractivity contribution in [1.82, 2.24) is 10.2 Å². The van der Waals surface area contributed by atoms with Crippen molar-refractivity contribution in [3.8, 4) is 5.75 Å². The average Bonchev–Trinajstić information content (AvgIpc) is 2.89. The normalized spacial score (nSPS) is 17.1. The Kier molecular flexibility index (Phi) is 6.77. The third-order valence-electron chi connectivity index (χ3n) is 4.51. The summed E-state index contributed by atoms with van der Waals surface area (Å²) < 4.78 is 7.05. The van der Waals surface area contributed by atoms with Gasteiger partial charge in [0.15, 0.2) is 0 Å². The summed E-state index contributed by atoms with van der Waals surface area (Å²) in [5.74, 6) is 0.907. The summed E-state index contributed by atoms with van der Waals surface area (Å²) in [5.41, 5.74) is 2.37. The summed E-state index contributed by atoms with van der Waals surface area (Å²) in [6, 6.07) is 14.5. The van der Waals surface area contributed by atoms with E-state index in [1.165, 1.54) is 5.56 Å². The first-order valence-electron chi connectivity index (χ1n) is 8.82. The summed E-state index contributed by atoms with van der Waals surface area (Å²) in [6.45, 7) is 6.74. The van der Waals surface area contributed by atoms with E-state index < -0.39 is 0 Å². The fourth-order valence-corrected chi connectivity index (χ4v) is 4.08. The highest BCUT2D eigenvalue weighted by molar-refractivity contribution is 9.10. The molecule has 0 spiro atoms. The molecule has 0 aromatic heterocycles. The number of ether oxygens (including phenoxy) is 1. The molecule has 1 unspecified atom stereocenters. The van der Waals surface area contributed by atoms with Crippen LogP contribution in [0.5, 0.6) is 5.75 Å². The third kappa shape index (κ3) is 4.56. The lowest BCUT2D eigenvalue weighted by atomic mass is 9.95. The molecule has 1 aliphatic rings. The van der Waals surface area contributed by atoms with Gasteiger partial charge in [-0.25, -0.2) is 0 Å². The van der Waals surface area contributed by atoms with Gasteiger partial charge in [0.1, 0.15) is 5.75 Å². The molecular formula is C20H24BrClN2O. The average molecular weight is 424 g/mol. The Bertz CT molecular complexity index is 702. The Balaban J connectivity index is 2.11. The predicted molar refractivity (Wildman–Crippen MR) is 108 cm³/mol. The monoisotopic (exact) mass is 422 g/mol. The van der Waals surface area contributed by atoms with Crippen LogP contribution < -0.4 is 10.1 Å². The van der Waals surface area contributed by atoms with Crippen LogP contribution in [0.1, 0.15) is 30.5 Å². The molecule has 0 aliphatic carbocycles. The van der Waals surface area contributed by atoms with Crippen molar-refractivity contribution in [2.45, 2.75) is 19.4 Å². The molecule has 0 saturated carbocycles. The predicted octanol–water partition coefficient (Wildman–Crippen LogP) is 4.89. The van der Waals surface area contributed by atoms with Gasteiger partial charge in [-0.2, -0.15) is 0 Å². The second kappa shape index (κ2) is 9.04. The zero-order valence-electron chi connectivity index (χ0n) is 14.5. The lowest BCUT2D eigenvalue weighted by Crippen LogP contribution is -2.33. The summed E-state index contributed by atoms with van der Waals surface area (Å²) >= 11 is 10.1. The molecule has 0 amide bonds. The van der Waals surface area contributed by atoms with Crippen molar-refractivity contribution in [3.05, 3.63) is 63.1 Å². The van der Waals surface area contributed by atoms with Gasteiger partial charge in [0, 0.05) is 34.7 Å². The minimum Gasteiger partial charge on any atom is -0.494 e. The topological polar surface area (TPSA) is 24.5 Å². The van der Waals surface area contributed by atoms with Crippen LogP contribution in [0.3, 0.4) is 0 Å². The number of halogens is 2. The van der Waals surface area contributed by atoms with E-state index in [2.05, 4.69) is 56.5 Å². The van der Waals surface area contributed by atoms with Gasteiger partial charge in [-0.1, -0.05) is 45.7 Å². The summed E-state index contributed by atoms with van der Waals surface area (Å²) in [4.78, 5) is 2.52. The maximum absolute atomic E-state index is 6.36. The van der Waals surface area contributed by atoms with Gasteiger partial charge in [0.05, 0.1) is 12.6 Å². The van der Waals surface area contributed by atoms with Gasteiger partial charge < -0.3 is 10.1 Å². The Morgan fingerprint density at radius 3 is 2.80 bits per heavy atom. The van der Waals surface area contributed by atoms with E-state index in [1.807, 2.05) is 19.1 Å². The van der Waals surface area contributed by atoms with E-state index in [9.17, 15) is 0 Å². The summed E-state index contributed by atoms with van der Waals surface area (Å²) in [6.07, 6.45) is 1.13. The van der Waals surface area contributed by atoms with Crippen molar-refractivity contribution in [1.29, 1.82) is 0 Å². The van der Waals surface area contributed by atoms with Crippen molar-refractivity contribution < 1.29 is 4.74 Å². The van der Waals surface area contributed by atoms with Gasteiger partial charge in [0.2, 0.25) is 0 Å². The maximum atomic E-state index is 6.36. The second-order valence-electron chi connectivity index (χ2n) is 6.18. The molecular weight excluding hydrogens is 400 g/mol. The lowest BCUT2D eigenvalue weighted by Gasteiger charge is -2.33. The minimum absolute atomic E-state index is 0.107. The number of nitrogens with one attached hydrogen (secondary N) is 1. The van der Waals surface area contributed by atoms with E-state index in [-0.39, 0.29) is 6.04 Å². The molecule has 1 atom stereocenters. The molecule has 5 heteroatoms. The zero-order valence-corrected chi connectivity index (χ0v) is 16.8. The number of nitrogens with zero attached hydrogens (tertiary/aromatic N) is 1. The van der Waals surface area contributed by atoms with Crippen LogP contribution in [-0.2, 0) is 0 Å². The van der Waals surface area contributed by atoms with Crippen LogP contribution >= 0.6 is 27.5 Å². The van der Waals surface area contributed by atoms with Crippen LogP contribution in [-0.4, -0.2) is 37.7 Å². The molecule has 3 nitrogen and oxygen atoms in total. The number of rotatable bonds is 5. The van der Waals surface area contributed by atoms with Crippen molar-refractivity contribution in [2.75, 3.05) is 32.8 Å². The van der Waals surface area contributed by atoms with E-state index in [0.29, 0.717) is 6.61 Å². The SMILES string of the molecule is CCOc1ccc(Cl)cc1C(c1ccccc1Br)N1CCCNCC1. The van der Waals surface area contributed by atoms with Gasteiger partial charge in [-0.15, -0.1) is 0 Å². The second-order valence-corrected chi connectivity index (χ2v) is 7.47. The van der Waals surface area contributed by atoms with Crippen molar-refractivity contribution in [2.24, 2.45) is 0 Å². The molecule has 1 N–H and O–H groups in total. The smallest absolute Gasteiger partial charge is 0.124 e. The van der Waals surface area contributed by atoms with E-state index in [1.54, 1.807) is 0 Å². The Hall–Kier alpha value is -1.07. The van der Waals surface area contributed by atoms with Gasteiger partial charge in [0.25, 0.3) is 0 Å². The number of hydrogen-bond donors (Lipinski definition) is 1. The number of hydrogen-bond acceptors (Lipinski definition) is 3. The quantitative estimate of drug-likeness (QED) is 0.741. The van der Waals surface area contributed by atoms with Gasteiger partial charge in [-0.3, -0.25) is 4.90 Å². The number of benzene rings is 2. The van der Waals surface area contributed by atoms with Crippen LogP contribution in [0, 0.1) is 0 Å². The van der Waals surface area contributed by atoms with Crippen LogP contribution in [0.2, 0.25) is 5.02 Å². The van der Waals surface area contributed by atoms with Gasteiger partial charge >= 0.3 is 0 Å². The van der Waals surface area contributed by atoms with Crippen molar-refractivity contribution in [3.63, 3.8) is 0 Å². The molecule has 1 fully saturated rings. The molecule has 3 rings (SSSR count). The van der Waals surface area contributed by atoms with Crippen LogP contribution in [0.4, 0.5) is 0 Å². The van der Waals surface area contributed by atoms with Gasteiger partial charge in [-0.05, 0) is 49.7 Å². The highest BCUT2D eigenvalue weighted by Gasteiger charge is 2.27. The standard InChI is InChI=1S/C20H24BrClN2O/c1-2-25-19-9-8-15(22)14-17(19)20(16-6-3-4-7-18(16)21)24-12-5-10-23-11-13-24/h3-4,6-9,14,20,23H,2,5,10-13H2,1H3. The van der Waals surface area contributed by atoms with Crippen LogP contribution in [0.25, 0.3) is 0 Å². The Morgan fingerprint density at radius 1 is 1.16 bits per heavy atom.